The first-order valence-corrected chi connectivity index (χ1v) is 8.32. The van der Waals surface area contributed by atoms with E-state index in [0.717, 1.165) is 17.8 Å². The van der Waals surface area contributed by atoms with Gasteiger partial charge in [-0.1, -0.05) is 13.8 Å². The van der Waals surface area contributed by atoms with E-state index in [1.54, 1.807) is 0 Å². The smallest absolute Gasteiger partial charge is 0.0223 e. The molecule has 0 aromatic rings. The lowest BCUT2D eigenvalue weighted by molar-refractivity contribution is 0.144. The van der Waals surface area contributed by atoms with Gasteiger partial charge in [-0.2, -0.15) is 12.6 Å². The molecular weight excluding hydrogens is 240 g/mol. The van der Waals surface area contributed by atoms with Crippen LogP contribution in [-0.2, 0) is 0 Å². The number of hydrogen-bond acceptors (Lipinski definition) is 3. The molecule has 0 aromatic heterocycles. The minimum Gasteiger partial charge on any atom is -0.301 e. The van der Waals surface area contributed by atoms with E-state index in [2.05, 4.69) is 43.3 Å². The fourth-order valence-electron chi connectivity index (χ4n) is 3.74. The van der Waals surface area contributed by atoms with Crippen molar-refractivity contribution >= 4 is 12.6 Å². The van der Waals surface area contributed by atoms with Crippen LogP contribution in [0.4, 0.5) is 0 Å². The number of nitrogens with zero attached hydrogens (tertiary/aromatic N) is 2. The Hall–Kier alpha value is 0.270. The van der Waals surface area contributed by atoms with Crippen molar-refractivity contribution in [3.05, 3.63) is 0 Å². The SMILES string of the molecule is CCC(CC)(CS)CN1CCC2CCC(C1)N2C. The highest BCUT2D eigenvalue weighted by molar-refractivity contribution is 7.80. The predicted molar refractivity (Wildman–Crippen MR) is 82.5 cm³/mol. The molecular formula is C15H30N2S. The maximum atomic E-state index is 4.62. The van der Waals surface area contributed by atoms with Crippen molar-refractivity contribution in [3.63, 3.8) is 0 Å². The molecule has 106 valence electrons. The summed E-state index contributed by atoms with van der Waals surface area (Å²) in [5.74, 6) is 1.03. The van der Waals surface area contributed by atoms with Gasteiger partial charge in [0.1, 0.15) is 0 Å². The molecule has 2 heterocycles. The first-order valence-electron chi connectivity index (χ1n) is 7.69. The van der Waals surface area contributed by atoms with Gasteiger partial charge in [-0.05, 0) is 56.9 Å². The second-order valence-corrected chi connectivity index (χ2v) is 6.76. The minimum absolute atomic E-state index is 0.436. The molecule has 2 bridgehead atoms. The van der Waals surface area contributed by atoms with Crippen LogP contribution in [0.1, 0.15) is 46.0 Å². The Balaban J connectivity index is 1.98. The summed E-state index contributed by atoms with van der Waals surface area (Å²) in [4.78, 5) is 5.36. The molecule has 18 heavy (non-hydrogen) atoms. The van der Waals surface area contributed by atoms with Crippen LogP contribution in [0.5, 0.6) is 0 Å². The van der Waals surface area contributed by atoms with E-state index in [0.29, 0.717) is 5.41 Å². The lowest BCUT2D eigenvalue weighted by Crippen LogP contribution is -2.43. The van der Waals surface area contributed by atoms with E-state index in [1.165, 1.54) is 51.7 Å². The summed E-state index contributed by atoms with van der Waals surface area (Å²) in [5.41, 5.74) is 0.436. The van der Waals surface area contributed by atoms with Crippen LogP contribution in [0.3, 0.4) is 0 Å². The van der Waals surface area contributed by atoms with Crippen molar-refractivity contribution in [2.24, 2.45) is 5.41 Å². The number of rotatable bonds is 5. The molecule has 0 saturated carbocycles. The second kappa shape index (κ2) is 6.15. The van der Waals surface area contributed by atoms with Crippen LogP contribution in [0.2, 0.25) is 0 Å². The summed E-state index contributed by atoms with van der Waals surface area (Å²) in [5, 5.41) is 0. The molecule has 0 spiro atoms. The third-order valence-electron chi connectivity index (χ3n) is 5.63. The largest absolute Gasteiger partial charge is 0.301 e. The summed E-state index contributed by atoms with van der Waals surface area (Å²) >= 11 is 4.62. The van der Waals surface area contributed by atoms with Crippen molar-refractivity contribution in [2.75, 3.05) is 32.4 Å². The third-order valence-corrected chi connectivity index (χ3v) is 6.30. The Morgan fingerprint density at radius 3 is 2.39 bits per heavy atom. The fraction of sp³-hybridized carbons (Fsp3) is 1.00. The van der Waals surface area contributed by atoms with Crippen molar-refractivity contribution < 1.29 is 0 Å². The molecule has 3 heteroatoms. The van der Waals surface area contributed by atoms with Crippen LogP contribution >= 0.6 is 12.6 Å². The topological polar surface area (TPSA) is 6.48 Å². The molecule has 2 rings (SSSR count). The summed E-state index contributed by atoms with van der Waals surface area (Å²) in [6.45, 7) is 8.48. The fourth-order valence-corrected chi connectivity index (χ4v) is 4.29. The first-order chi connectivity index (χ1) is 8.64. The van der Waals surface area contributed by atoms with Gasteiger partial charge in [0.05, 0.1) is 0 Å². The molecule has 0 aromatic carbocycles. The van der Waals surface area contributed by atoms with E-state index in [-0.39, 0.29) is 0 Å². The van der Waals surface area contributed by atoms with Gasteiger partial charge < -0.3 is 4.90 Å². The Kier molecular flexibility index (Phi) is 5.01. The van der Waals surface area contributed by atoms with Crippen LogP contribution in [0.25, 0.3) is 0 Å². The van der Waals surface area contributed by atoms with Gasteiger partial charge >= 0.3 is 0 Å². The average Bonchev–Trinajstić information content (AvgIpc) is 2.64. The monoisotopic (exact) mass is 270 g/mol. The number of likely N-dealkylation sites (N-methyl/N-ethyl adjacent to an activating group) is 1. The summed E-state index contributed by atoms with van der Waals surface area (Å²) < 4.78 is 0. The standard InChI is InChI=1S/C15H30N2S/c1-4-15(5-2,12-18)11-17-9-8-13-6-7-14(10-17)16(13)3/h13-14,18H,4-12H2,1-3H3. The lowest BCUT2D eigenvalue weighted by atomic mass is 9.83. The van der Waals surface area contributed by atoms with Crippen molar-refractivity contribution in [3.8, 4) is 0 Å². The number of thiol groups is 1. The quantitative estimate of drug-likeness (QED) is 0.768. The molecule has 2 aliphatic rings. The van der Waals surface area contributed by atoms with E-state index >= 15 is 0 Å². The average molecular weight is 270 g/mol. The summed E-state index contributed by atoms with van der Waals surface area (Å²) in [6.07, 6.45) is 6.71. The number of hydrogen-bond donors (Lipinski definition) is 1. The van der Waals surface area contributed by atoms with E-state index in [9.17, 15) is 0 Å². The van der Waals surface area contributed by atoms with Gasteiger partial charge in [0.2, 0.25) is 0 Å². The zero-order valence-corrected chi connectivity index (χ0v) is 13.3. The zero-order valence-electron chi connectivity index (χ0n) is 12.4. The third kappa shape index (κ3) is 2.88. The molecule has 0 amide bonds. The minimum atomic E-state index is 0.436. The van der Waals surface area contributed by atoms with E-state index < -0.39 is 0 Å². The maximum Gasteiger partial charge on any atom is 0.0223 e. The first kappa shape index (κ1) is 14.7. The highest BCUT2D eigenvalue weighted by atomic mass is 32.1. The van der Waals surface area contributed by atoms with Crippen LogP contribution < -0.4 is 0 Å². The lowest BCUT2D eigenvalue weighted by Gasteiger charge is -2.37. The van der Waals surface area contributed by atoms with Gasteiger partial charge in [-0.3, -0.25) is 4.90 Å². The van der Waals surface area contributed by atoms with Crippen LogP contribution in [0.15, 0.2) is 0 Å². The highest BCUT2D eigenvalue weighted by Crippen LogP contribution is 2.33. The van der Waals surface area contributed by atoms with Crippen LogP contribution in [0, 0.1) is 5.41 Å². The molecule has 2 saturated heterocycles. The van der Waals surface area contributed by atoms with Crippen LogP contribution in [-0.4, -0.2) is 54.3 Å². The van der Waals surface area contributed by atoms with E-state index in [1.807, 2.05) is 0 Å². The normalized spacial score (nSPS) is 30.7. The van der Waals surface area contributed by atoms with Gasteiger partial charge in [0, 0.05) is 25.2 Å². The molecule has 2 unspecified atom stereocenters. The molecule has 0 radical (unpaired) electrons. The second-order valence-electron chi connectivity index (χ2n) is 6.44. The Bertz CT molecular complexity index is 257. The molecule has 2 atom stereocenters. The van der Waals surface area contributed by atoms with E-state index in [4.69, 9.17) is 0 Å². The Morgan fingerprint density at radius 1 is 1.11 bits per heavy atom. The Labute approximate surface area is 119 Å². The molecule has 0 N–H and O–H groups in total. The maximum absolute atomic E-state index is 4.62. The van der Waals surface area contributed by atoms with Crippen molar-refractivity contribution in [1.29, 1.82) is 0 Å². The van der Waals surface area contributed by atoms with Crippen molar-refractivity contribution in [2.45, 2.75) is 58.0 Å². The molecule has 2 nitrogen and oxygen atoms in total. The highest BCUT2D eigenvalue weighted by Gasteiger charge is 2.36. The molecule has 2 aliphatic heterocycles. The zero-order chi connectivity index (χ0) is 13.2. The summed E-state index contributed by atoms with van der Waals surface area (Å²) in [7, 11) is 2.33. The molecule has 2 fully saturated rings. The summed E-state index contributed by atoms with van der Waals surface area (Å²) in [6, 6.07) is 1.66. The van der Waals surface area contributed by atoms with Gasteiger partial charge in [0.15, 0.2) is 0 Å². The Morgan fingerprint density at radius 2 is 1.78 bits per heavy atom. The van der Waals surface area contributed by atoms with Gasteiger partial charge in [-0.25, -0.2) is 0 Å². The molecule has 0 aliphatic carbocycles. The predicted octanol–water partition coefficient (Wildman–Crippen LogP) is 2.89. The van der Waals surface area contributed by atoms with Crippen molar-refractivity contribution in [1.82, 2.24) is 9.80 Å². The number of fused-ring (bicyclic) bond motifs is 2. The van der Waals surface area contributed by atoms with Gasteiger partial charge in [-0.15, -0.1) is 0 Å². The number of likely N-dealkylation sites (tertiary alicyclic amines) is 1. The van der Waals surface area contributed by atoms with Gasteiger partial charge in [0.25, 0.3) is 0 Å².